The quantitative estimate of drug-likeness (QED) is 0.443. The van der Waals surface area contributed by atoms with E-state index in [4.69, 9.17) is 0 Å². The van der Waals surface area contributed by atoms with Crippen LogP contribution in [0.1, 0.15) is 11.3 Å². The Morgan fingerprint density at radius 3 is 2.69 bits per heavy atom. The van der Waals surface area contributed by atoms with E-state index in [1.165, 1.54) is 0 Å². The maximum absolute atomic E-state index is 12.8. The first-order chi connectivity index (χ1) is 15.7. The Morgan fingerprint density at radius 1 is 1.00 bits per heavy atom. The molecule has 7 heteroatoms. The Balaban J connectivity index is 1.37. The molecule has 158 valence electrons. The highest BCUT2D eigenvalue weighted by Crippen LogP contribution is 2.29. The molecule has 5 aromatic rings. The molecular weight excluding hydrogens is 400 g/mol. The fourth-order valence-corrected chi connectivity index (χ4v) is 3.92. The lowest BCUT2D eigenvalue weighted by Gasteiger charge is -2.09. The van der Waals surface area contributed by atoms with Gasteiger partial charge in [0.15, 0.2) is 5.65 Å². The molecular formula is C25H22N6O. The Hall–Kier alpha value is -4.26. The van der Waals surface area contributed by atoms with Crippen molar-refractivity contribution in [3.05, 3.63) is 96.6 Å². The fourth-order valence-electron chi connectivity index (χ4n) is 3.92. The van der Waals surface area contributed by atoms with Crippen molar-refractivity contribution < 1.29 is 4.79 Å². The average Bonchev–Trinajstić information content (AvgIpc) is 3.42. The molecule has 2 aromatic carbocycles. The second-order valence-electron chi connectivity index (χ2n) is 7.62. The number of benzene rings is 2. The number of pyridine rings is 1. The zero-order valence-electron chi connectivity index (χ0n) is 17.6. The SMILES string of the molecule is Cc1nn(CC(=O)Nc2cccc(Cn3cccn3)c2)c2nccc(-c3ccccc3)c12. The summed E-state index contributed by atoms with van der Waals surface area (Å²) < 4.78 is 3.51. The summed E-state index contributed by atoms with van der Waals surface area (Å²) in [6.45, 7) is 2.68. The molecule has 0 unspecified atom stereocenters. The van der Waals surface area contributed by atoms with Crippen molar-refractivity contribution >= 4 is 22.6 Å². The van der Waals surface area contributed by atoms with Gasteiger partial charge in [-0.3, -0.25) is 9.48 Å². The van der Waals surface area contributed by atoms with Crippen molar-refractivity contribution in [1.29, 1.82) is 0 Å². The molecule has 3 heterocycles. The Kier molecular flexibility index (Phi) is 5.21. The summed E-state index contributed by atoms with van der Waals surface area (Å²) >= 11 is 0. The van der Waals surface area contributed by atoms with Gasteiger partial charge >= 0.3 is 0 Å². The van der Waals surface area contributed by atoms with Crippen LogP contribution in [0.25, 0.3) is 22.2 Å². The number of carbonyl (C=O) groups is 1. The molecule has 32 heavy (non-hydrogen) atoms. The molecule has 0 radical (unpaired) electrons. The summed E-state index contributed by atoms with van der Waals surface area (Å²) in [5, 5.41) is 12.8. The molecule has 7 nitrogen and oxygen atoms in total. The molecule has 0 spiro atoms. The molecule has 3 aromatic heterocycles. The van der Waals surface area contributed by atoms with Crippen molar-refractivity contribution in [2.45, 2.75) is 20.0 Å². The number of fused-ring (bicyclic) bond motifs is 1. The van der Waals surface area contributed by atoms with Gasteiger partial charge < -0.3 is 5.32 Å². The van der Waals surface area contributed by atoms with Gasteiger partial charge in [0, 0.05) is 29.7 Å². The summed E-state index contributed by atoms with van der Waals surface area (Å²) in [5.41, 5.74) is 5.51. The maximum atomic E-state index is 12.8. The second-order valence-corrected chi connectivity index (χ2v) is 7.62. The molecule has 1 N–H and O–H groups in total. The number of amides is 1. The molecule has 0 saturated heterocycles. The van der Waals surface area contributed by atoms with E-state index in [1.807, 2.05) is 72.4 Å². The van der Waals surface area contributed by atoms with Gasteiger partial charge in [0.05, 0.1) is 12.2 Å². The van der Waals surface area contributed by atoms with Crippen LogP contribution in [-0.4, -0.2) is 30.5 Å². The number of rotatable bonds is 6. The van der Waals surface area contributed by atoms with Crippen molar-refractivity contribution in [3.63, 3.8) is 0 Å². The van der Waals surface area contributed by atoms with Gasteiger partial charge in [-0.2, -0.15) is 10.2 Å². The number of aryl methyl sites for hydroxylation is 1. The summed E-state index contributed by atoms with van der Waals surface area (Å²) in [6, 6.07) is 21.8. The molecule has 0 aliphatic heterocycles. The van der Waals surface area contributed by atoms with Gasteiger partial charge in [0.1, 0.15) is 6.54 Å². The van der Waals surface area contributed by atoms with Crippen LogP contribution in [0.4, 0.5) is 5.69 Å². The molecule has 0 aliphatic carbocycles. The molecule has 1 amide bonds. The first kappa shape index (κ1) is 19.7. The number of anilines is 1. The average molecular weight is 422 g/mol. The predicted molar refractivity (Wildman–Crippen MR) is 124 cm³/mol. The lowest BCUT2D eigenvalue weighted by atomic mass is 10.0. The molecule has 5 rings (SSSR count). The third-order valence-electron chi connectivity index (χ3n) is 5.30. The Bertz CT molecular complexity index is 1370. The Labute approximate surface area is 185 Å². The minimum absolute atomic E-state index is 0.0823. The highest BCUT2D eigenvalue weighted by molar-refractivity contribution is 5.96. The van der Waals surface area contributed by atoms with Crippen LogP contribution < -0.4 is 5.32 Å². The largest absolute Gasteiger partial charge is 0.324 e. The van der Waals surface area contributed by atoms with Crippen LogP contribution in [-0.2, 0) is 17.9 Å². The van der Waals surface area contributed by atoms with Crippen LogP contribution in [0.2, 0.25) is 0 Å². The van der Waals surface area contributed by atoms with Gasteiger partial charge in [-0.25, -0.2) is 9.67 Å². The van der Waals surface area contributed by atoms with Gasteiger partial charge in [0.2, 0.25) is 5.91 Å². The monoisotopic (exact) mass is 422 g/mol. The minimum Gasteiger partial charge on any atom is -0.324 e. The van der Waals surface area contributed by atoms with E-state index in [9.17, 15) is 4.79 Å². The summed E-state index contributed by atoms with van der Waals surface area (Å²) in [7, 11) is 0. The normalized spacial score (nSPS) is 11.0. The highest BCUT2D eigenvalue weighted by atomic mass is 16.2. The minimum atomic E-state index is -0.155. The second kappa shape index (κ2) is 8.47. The van der Waals surface area contributed by atoms with Crippen molar-refractivity contribution in [2.24, 2.45) is 0 Å². The third kappa shape index (κ3) is 4.00. The number of aromatic nitrogens is 5. The van der Waals surface area contributed by atoms with Gasteiger partial charge in [-0.05, 0) is 47.9 Å². The van der Waals surface area contributed by atoms with E-state index in [1.54, 1.807) is 17.1 Å². The van der Waals surface area contributed by atoms with Gasteiger partial charge in [-0.15, -0.1) is 0 Å². The summed E-state index contributed by atoms with van der Waals surface area (Å²) in [6.07, 6.45) is 5.42. The van der Waals surface area contributed by atoms with E-state index >= 15 is 0 Å². The number of nitrogens with one attached hydrogen (secondary N) is 1. The number of carbonyl (C=O) groups excluding carboxylic acids is 1. The molecule has 0 bridgehead atoms. The van der Waals surface area contributed by atoms with E-state index in [2.05, 4.69) is 32.6 Å². The predicted octanol–water partition coefficient (Wildman–Crippen LogP) is 4.29. The lowest BCUT2D eigenvalue weighted by molar-refractivity contribution is -0.116. The first-order valence-electron chi connectivity index (χ1n) is 10.4. The van der Waals surface area contributed by atoms with Crippen LogP contribution in [0.3, 0.4) is 0 Å². The number of nitrogens with zero attached hydrogens (tertiary/aromatic N) is 5. The van der Waals surface area contributed by atoms with Crippen LogP contribution >= 0.6 is 0 Å². The maximum Gasteiger partial charge on any atom is 0.246 e. The summed E-state index contributed by atoms with van der Waals surface area (Å²) in [4.78, 5) is 17.3. The van der Waals surface area contributed by atoms with Gasteiger partial charge in [-0.1, -0.05) is 42.5 Å². The van der Waals surface area contributed by atoms with Crippen molar-refractivity contribution in [2.75, 3.05) is 5.32 Å². The summed E-state index contributed by atoms with van der Waals surface area (Å²) in [5.74, 6) is -0.155. The van der Waals surface area contributed by atoms with Gasteiger partial charge in [0.25, 0.3) is 0 Å². The van der Waals surface area contributed by atoms with E-state index < -0.39 is 0 Å². The fraction of sp³-hybridized carbons (Fsp3) is 0.120. The third-order valence-corrected chi connectivity index (χ3v) is 5.30. The molecule has 0 fully saturated rings. The van der Waals surface area contributed by atoms with E-state index in [0.717, 1.165) is 33.5 Å². The molecule has 0 saturated carbocycles. The van der Waals surface area contributed by atoms with Crippen LogP contribution in [0.5, 0.6) is 0 Å². The van der Waals surface area contributed by atoms with Crippen LogP contribution in [0, 0.1) is 6.92 Å². The topological polar surface area (TPSA) is 77.6 Å². The molecule has 0 aliphatic rings. The van der Waals surface area contributed by atoms with Crippen molar-refractivity contribution in [3.8, 4) is 11.1 Å². The highest BCUT2D eigenvalue weighted by Gasteiger charge is 2.16. The van der Waals surface area contributed by atoms with E-state index in [0.29, 0.717) is 12.2 Å². The van der Waals surface area contributed by atoms with Crippen LogP contribution in [0.15, 0.2) is 85.3 Å². The first-order valence-corrected chi connectivity index (χ1v) is 10.4. The smallest absolute Gasteiger partial charge is 0.246 e. The number of hydrogen-bond acceptors (Lipinski definition) is 4. The molecule has 0 atom stereocenters. The zero-order chi connectivity index (χ0) is 21.9. The van der Waals surface area contributed by atoms with Crippen molar-refractivity contribution in [1.82, 2.24) is 24.5 Å². The standard InChI is InChI=1S/C25H22N6O/c1-18-24-22(20-8-3-2-4-9-20)11-13-26-25(24)31(29-18)17-23(32)28-21-10-5-7-19(15-21)16-30-14-6-12-27-30/h2-15H,16-17H2,1H3,(H,28,32). The lowest BCUT2D eigenvalue weighted by Crippen LogP contribution is -2.20. The Morgan fingerprint density at radius 2 is 1.88 bits per heavy atom. The zero-order valence-corrected chi connectivity index (χ0v) is 17.6. The number of hydrogen-bond donors (Lipinski definition) is 1. The van der Waals surface area contributed by atoms with E-state index in [-0.39, 0.29) is 12.5 Å².